The lowest BCUT2D eigenvalue weighted by molar-refractivity contribution is -0.133. The molecule has 1 amide bonds. The maximum atomic E-state index is 11.7. The maximum absolute atomic E-state index is 11.7. The van der Waals surface area contributed by atoms with Gasteiger partial charge in [-0.15, -0.1) is 0 Å². The highest BCUT2D eigenvalue weighted by molar-refractivity contribution is 5.79. The minimum atomic E-state index is 0.118. The molecule has 0 aliphatic carbocycles. The van der Waals surface area contributed by atoms with Crippen molar-refractivity contribution in [2.24, 2.45) is 0 Å². The van der Waals surface area contributed by atoms with Crippen molar-refractivity contribution < 1.29 is 9.53 Å². The molecule has 2 rings (SSSR count). The van der Waals surface area contributed by atoms with Crippen LogP contribution in [0.4, 0.5) is 0 Å². The highest BCUT2D eigenvalue weighted by Crippen LogP contribution is 1.97. The van der Waals surface area contributed by atoms with Crippen molar-refractivity contribution in [3.8, 4) is 0 Å². The molecular weight excluding hydrogens is 194 g/mol. The minimum absolute atomic E-state index is 0.118. The number of carbonyl (C=O) groups excluding carboxylic acids is 1. The molecule has 15 heavy (non-hydrogen) atoms. The predicted octanol–water partition coefficient (Wildman–Crippen LogP) is -0.110. The normalized spacial score (nSPS) is 16.4. The van der Waals surface area contributed by atoms with Crippen molar-refractivity contribution in [1.29, 1.82) is 0 Å². The van der Waals surface area contributed by atoms with Gasteiger partial charge in [0, 0.05) is 25.5 Å². The Balaban J connectivity index is 1.76. The Morgan fingerprint density at radius 2 is 1.93 bits per heavy atom. The van der Waals surface area contributed by atoms with E-state index in [1.165, 1.54) is 0 Å². The van der Waals surface area contributed by atoms with Gasteiger partial charge in [-0.3, -0.25) is 9.47 Å². The molecule has 1 aliphatic heterocycles. The van der Waals surface area contributed by atoms with Crippen LogP contribution in [-0.2, 0) is 9.53 Å². The molecule has 1 saturated heterocycles. The number of carbonyl (C=O) groups is 1. The molecule has 0 radical (unpaired) electrons. The zero-order valence-electron chi connectivity index (χ0n) is 8.56. The van der Waals surface area contributed by atoms with Crippen LogP contribution in [-0.4, -0.2) is 48.3 Å². The van der Waals surface area contributed by atoms with Crippen molar-refractivity contribution in [3.63, 3.8) is 0 Å². The minimum Gasteiger partial charge on any atom is -0.378 e. The maximum Gasteiger partial charge on any atom is 0.243 e. The molecule has 0 aromatic carbocycles. The summed E-state index contributed by atoms with van der Waals surface area (Å²) in [6, 6.07) is 3.82. The summed E-state index contributed by atoms with van der Waals surface area (Å²) in [4.78, 5) is 13.5. The molecule has 1 aromatic heterocycles. The number of morpholine rings is 1. The fourth-order valence-corrected chi connectivity index (χ4v) is 1.52. The second-order valence-electron chi connectivity index (χ2n) is 3.42. The van der Waals surface area contributed by atoms with Crippen LogP contribution in [0.3, 0.4) is 0 Å². The van der Waals surface area contributed by atoms with Crippen molar-refractivity contribution in [2.75, 3.05) is 38.3 Å². The monoisotopic (exact) mass is 209 g/mol. The smallest absolute Gasteiger partial charge is 0.243 e. The molecule has 82 valence electrons. The Morgan fingerprint density at radius 1 is 1.27 bits per heavy atom. The first kappa shape index (κ1) is 10.0. The summed E-state index contributed by atoms with van der Waals surface area (Å²) >= 11 is 0. The van der Waals surface area contributed by atoms with E-state index in [0.29, 0.717) is 32.8 Å². The van der Waals surface area contributed by atoms with E-state index in [1.807, 2.05) is 29.4 Å². The number of amides is 1. The quantitative estimate of drug-likeness (QED) is 0.755. The SMILES string of the molecule is O=C(CNn1cccc1)N1CCOCC1. The van der Waals surface area contributed by atoms with Gasteiger partial charge in [0.05, 0.1) is 13.2 Å². The topological polar surface area (TPSA) is 46.5 Å². The Hall–Kier alpha value is -1.49. The van der Waals surface area contributed by atoms with E-state index >= 15 is 0 Å². The van der Waals surface area contributed by atoms with Gasteiger partial charge in [0.1, 0.15) is 6.54 Å². The summed E-state index contributed by atoms with van der Waals surface area (Å²) in [6.07, 6.45) is 3.74. The van der Waals surface area contributed by atoms with Crippen LogP contribution >= 0.6 is 0 Å². The summed E-state index contributed by atoms with van der Waals surface area (Å²) in [6.45, 7) is 3.03. The van der Waals surface area contributed by atoms with Crippen LogP contribution < -0.4 is 5.43 Å². The lowest BCUT2D eigenvalue weighted by Crippen LogP contribution is -2.44. The highest BCUT2D eigenvalue weighted by Gasteiger charge is 2.15. The number of ether oxygens (including phenoxy) is 1. The average Bonchev–Trinajstić information content (AvgIpc) is 2.80. The number of nitrogens with one attached hydrogen (secondary N) is 1. The summed E-state index contributed by atoms with van der Waals surface area (Å²) in [7, 11) is 0. The molecule has 5 nitrogen and oxygen atoms in total. The molecule has 0 unspecified atom stereocenters. The van der Waals surface area contributed by atoms with E-state index in [2.05, 4.69) is 5.43 Å². The number of aromatic nitrogens is 1. The Labute approximate surface area is 88.6 Å². The van der Waals surface area contributed by atoms with Gasteiger partial charge >= 0.3 is 0 Å². The van der Waals surface area contributed by atoms with Crippen molar-refractivity contribution in [3.05, 3.63) is 24.5 Å². The number of hydrogen-bond acceptors (Lipinski definition) is 3. The van der Waals surface area contributed by atoms with Gasteiger partial charge in [-0.1, -0.05) is 0 Å². The first-order chi connectivity index (χ1) is 7.36. The van der Waals surface area contributed by atoms with Gasteiger partial charge in [0.2, 0.25) is 5.91 Å². The number of nitrogens with zero attached hydrogens (tertiary/aromatic N) is 2. The van der Waals surface area contributed by atoms with Crippen LogP contribution in [0.25, 0.3) is 0 Å². The first-order valence-corrected chi connectivity index (χ1v) is 5.08. The zero-order chi connectivity index (χ0) is 10.5. The van der Waals surface area contributed by atoms with E-state index in [0.717, 1.165) is 0 Å². The van der Waals surface area contributed by atoms with Crippen LogP contribution in [0.1, 0.15) is 0 Å². The van der Waals surface area contributed by atoms with Gasteiger partial charge in [-0.2, -0.15) is 0 Å². The molecular formula is C10H15N3O2. The van der Waals surface area contributed by atoms with Crippen LogP contribution in [0.15, 0.2) is 24.5 Å². The van der Waals surface area contributed by atoms with Crippen molar-refractivity contribution in [1.82, 2.24) is 9.58 Å². The zero-order valence-corrected chi connectivity index (χ0v) is 8.56. The Bertz CT molecular complexity index is 304. The molecule has 1 fully saturated rings. The standard InChI is InChI=1S/C10H15N3O2/c14-10(12-5-7-15-8-6-12)9-11-13-3-1-2-4-13/h1-4,11H,5-9H2. The molecule has 1 aromatic rings. The van der Waals surface area contributed by atoms with E-state index in [9.17, 15) is 4.79 Å². The first-order valence-electron chi connectivity index (χ1n) is 5.08. The fourth-order valence-electron chi connectivity index (χ4n) is 1.52. The third-order valence-electron chi connectivity index (χ3n) is 2.38. The van der Waals surface area contributed by atoms with Gasteiger partial charge in [-0.25, -0.2) is 0 Å². The fraction of sp³-hybridized carbons (Fsp3) is 0.500. The third-order valence-corrected chi connectivity index (χ3v) is 2.38. The van der Waals surface area contributed by atoms with E-state index < -0.39 is 0 Å². The van der Waals surface area contributed by atoms with E-state index in [-0.39, 0.29) is 5.91 Å². The number of hydrogen-bond donors (Lipinski definition) is 1. The summed E-state index contributed by atoms with van der Waals surface area (Å²) in [5.41, 5.74) is 3.01. The number of rotatable bonds is 3. The Kier molecular flexibility index (Phi) is 3.24. The highest BCUT2D eigenvalue weighted by atomic mass is 16.5. The van der Waals surface area contributed by atoms with Crippen LogP contribution in [0.2, 0.25) is 0 Å². The van der Waals surface area contributed by atoms with Crippen molar-refractivity contribution in [2.45, 2.75) is 0 Å². The molecule has 1 N–H and O–H groups in total. The van der Waals surface area contributed by atoms with Gasteiger partial charge in [0.15, 0.2) is 0 Å². The summed E-state index contributed by atoms with van der Waals surface area (Å²) < 4.78 is 6.96. The molecule has 5 heteroatoms. The molecule has 1 aliphatic rings. The van der Waals surface area contributed by atoms with Crippen LogP contribution in [0.5, 0.6) is 0 Å². The lowest BCUT2D eigenvalue weighted by Gasteiger charge is -2.27. The molecule has 0 atom stereocenters. The van der Waals surface area contributed by atoms with Crippen molar-refractivity contribution >= 4 is 5.91 Å². The van der Waals surface area contributed by atoms with Gasteiger partial charge in [0.25, 0.3) is 0 Å². The Morgan fingerprint density at radius 3 is 2.60 bits per heavy atom. The molecule has 0 bridgehead atoms. The second-order valence-corrected chi connectivity index (χ2v) is 3.42. The largest absolute Gasteiger partial charge is 0.378 e. The predicted molar refractivity (Wildman–Crippen MR) is 56.1 cm³/mol. The molecule has 0 saturated carbocycles. The lowest BCUT2D eigenvalue weighted by atomic mass is 10.4. The van der Waals surface area contributed by atoms with E-state index in [4.69, 9.17) is 4.74 Å². The van der Waals surface area contributed by atoms with Crippen LogP contribution in [0, 0.1) is 0 Å². The van der Waals surface area contributed by atoms with Gasteiger partial charge < -0.3 is 15.1 Å². The average molecular weight is 209 g/mol. The summed E-state index contributed by atoms with van der Waals surface area (Å²) in [5.74, 6) is 0.118. The van der Waals surface area contributed by atoms with Gasteiger partial charge in [-0.05, 0) is 12.1 Å². The third kappa shape index (κ3) is 2.73. The summed E-state index contributed by atoms with van der Waals surface area (Å²) in [5, 5.41) is 0. The van der Waals surface area contributed by atoms with E-state index in [1.54, 1.807) is 4.68 Å². The second kappa shape index (κ2) is 4.84. The molecule has 2 heterocycles. The molecule has 0 spiro atoms.